The van der Waals surface area contributed by atoms with Crippen LogP contribution in [0.3, 0.4) is 0 Å². The Kier molecular flexibility index (Phi) is 5.35. The minimum absolute atomic E-state index is 0.116. The Bertz CT molecular complexity index is 891. The highest BCUT2D eigenvalue weighted by atomic mass is 16.5. The second kappa shape index (κ2) is 7.86. The zero-order valence-electron chi connectivity index (χ0n) is 15.1. The molecule has 1 aliphatic rings. The largest absolute Gasteiger partial charge is 0.466 e. The molecule has 27 heavy (non-hydrogen) atoms. The van der Waals surface area contributed by atoms with Gasteiger partial charge in [-0.25, -0.2) is 4.79 Å². The molecule has 0 saturated carbocycles. The number of carbonyl (C=O) groups is 3. The van der Waals surface area contributed by atoms with Crippen molar-refractivity contribution in [2.75, 3.05) is 17.3 Å². The van der Waals surface area contributed by atoms with Crippen molar-refractivity contribution >= 4 is 29.2 Å². The second-order valence-electron chi connectivity index (χ2n) is 6.17. The fraction of sp³-hybridized carbons (Fsp3) is 0.190. The molecule has 138 valence electrons. The molecule has 0 saturated heterocycles. The van der Waals surface area contributed by atoms with Gasteiger partial charge in [0.2, 0.25) is 11.8 Å². The molecule has 1 heterocycles. The lowest BCUT2D eigenvalue weighted by Gasteiger charge is -2.33. The van der Waals surface area contributed by atoms with Gasteiger partial charge in [-0.3, -0.25) is 14.5 Å². The number of allylic oxidation sites excluding steroid dienone is 1. The highest BCUT2D eigenvalue weighted by Crippen LogP contribution is 2.34. The zero-order chi connectivity index (χ0) is 19.4. The Hall–Kier alpha value is -3.41. The number of hydrogen-bond acceptors (Lipinski definition) is 4. The maximum Gasteiger partial charge on any atom is 0.336 e. The Morgan fingerprint density at radius 2 is 1.63 bits per heavy atom. The van der Waals surface area contributed by atoms with Gasteiger partial charge < -0.3 is 10.1 Å². The first-order valence-corrected chi connectivity index (χ1v) is 8.56. The summed E-state index contributed by atoms with van der Waals surface area (Å²) in [6, 6.07) is 17.9. The average molecular weight is 364 g/mol. The van der Waals surface area contributed by atoms with Crippen LogP contribution in [0.5, 0.6) is 0 Å². The molecule has 3 rings (SSSR count). The number of benzene rings is 2. The molecule has 0 spiro atoms. The first kappa shape index (κ1) is 18.4. The monoisotopic (exact) mass is 364 g/mol. The molecule has 1 atom stereocenters. The molecule has 1 N–H and O–H groups in total. The Labute approximate surface area is 157 Å². The highest BCUT2D eigenvalue weighted by molar-refractivity contribution is 6.10. The molecule has 2 aromatic rings. The molecule has 0 unspecified atom stereocenters. The van der Waals surface area contributed by atoms with Crippen LogP contribution >= 0.6 is 0 Å². The zero-order valence-corrected chi connectivity index (χ0v) is 15.1. The number of hydrogen-bond donors (Lipinski definition) is 1. The summed E-state index contributed by atoms with van der Waals surface area (Å²) in [4.78, 5) is 39.5. The minimum Gasteiger partial charge on any atom is -0.466 e. The molecule has 6 nitrogen and oxygen atoms in total. The van der Waals surface area contributed by atoms with Gasteiger partial charge in [-0.05, 0) is 31.2 Å². The number of anilines is 2. The van der Waals surface area contributed by atoms with Crippen LogP contribution < -0.4 is 10.2 Å². The molecule has 0 aromatic heterocycles. The van der Waals surface area contributed by atoms with Crippen LogP contribution in [-0.2, 0) is 19.1 Å². The van der Waals surface area contributed by atoms with E-state index in [2.05, 4.69) is 5.32 Å². The van der Waals surface area contributed by atoms with Crippen LogP contribution in [0.2, 0.25) is 0 Å². The van der Waals surface area contributed by atoms with E-state index in [4.69, 9.17) is 4.74 Å². The summed E-state index contributed by atoms with van der Waals surface area (Å²) in [5.74, 6) is -2.19. The van der Waals surface area contributed by atoms with E-state index in [1.807, 2.05) is 24.3 Å². The molecule has 0 bridgehead atoms. The fourth-order valence-corrected chi connectivity index (χ4v) is 3.22. The number of carbonyl (C=O) groups excluding carboxylic acids is 3. The summed E-state index contributed by atoms with van der Waals surface area (Å²) in [6.45, 7) is 1.65. The predicted molar refractivity (Wildman–Crippen MR) is 102 cm³/mol. The van der Waals surface area contributed by atoms with Gasteiger partial charge in [-0.1, -0.05) is 36.4 Å². The summed E-state index contributed by atoms with van der Waals surface area (Å²) >= 11 is 0. The van der Waals surface area contributed by atoms with E-state index in [-0.39, 0.29) is 17.9 Å². The summed E-state index contributed by atoms with van der Waals surface area (Å²) < 4.78 is 4.90. The van der Waals surface area contributed by atoms with Crippen molar-refractivity contribution in [3.8, 4) is 0 Å². The van der Waals surface area contributed by atoms with Crippen LogP contribution in [0, 0.1) is 5.92 Å². The normalized spacial score (nSPS) is 16.9. The molecule has 0 radical (unpaired) electrons. The van der Waals surface area contributed by atoms with Crippen molar-refractivity contribution < 1.29 is 19.1 Å². The van der Waals surface area contributed by atoms with Crippen molar-refractivity contribution in [1.29, 1.82) is 0 Å². The number of nitrogens with one attached hydrogen (secondary N) is 1. The number of nitrogens with zero attached hydrogens (tertiary/aromatic N) is 1. The van der Waals surface area contributed by atoms with Crippen LogP contribution in [0.4, 0.5) is 11.4 Å². The maximum atomic E-state index is 12.8. The SMILES string of the molecule is COC(=O)C1=C(C)N(c2ccccc2)C(=O)C[C@@H]1C(=O)Nc1ccccc1. The van der Waals surface area contributed by atoms with Gasteiger partial charge in [0.05, 0.1) is 18.6 Å². The van der Waals surface area contributed by atoms with Crippen molar-refractivity contribution in [3.05, 3.63) is 71.9 Å². The average Bonchev–Trinajstić information content (AvgIpc) is 2.68. The van der Waals surface area contributed by atoms with E-state index in [9.17, 15) is 14.4 Å². The number of amides is 2. The van der Waals surface area contributed by atoms with Gasteiger partial charge in [0, 0.05) is 23.5 Å². The molecular formula is C21H20N2O4. The maximum absolute atomic E-state index is 12.8. The summed E-state index contributed by atoms with van der Waals surface area (Å²) in [5.41, 5.74) is 1.83. The lowest BCUT2D eigenvalue weighted by Crippen LogP contribution is -2.43. The third-order valence-corrected chi connectivity index (χ3v) is 4.48. The highest BCUT2D eigenvalue weighted by Gasteiger charge is 2.40. The van der Waals surface area contributed by atoms with E-state index >= 15 is 0 Å². The van der Waals surface area contributed by atoms with E-state index in [1.165, 1.54) is 12.0 Å². The van der Waals surface area contributed by atoms with Crippen LogP contribution in [0.25, 0.3) is 0 Å². The topological polar surface area (TPSA) is 75.7 Å². The van der Waals surface area contributed by atoms with Gasteiger partial charge in [-0.2, -0.15) is 0 Å². The standard InChI is InChI=1S/C21H20N2O4/c1-14-19(21(26)27-2)17(20(25)22-15-9-5-3-6-10-15)13-18(24)23(14)16-11-7-4-8-12-16/h3-12,17H,13H2,1-2H3,(H,22,25)/t17-/m0/s1. The Morgan fingerprint density at radius 3 is 2.22 bits per heavy atom. The molecular weight excluding hydrogens is 344 g/mol. The molecule has 6 heteroatoms. The molecule has 1 aliphatic heterocycles. The third-order valence-electron chi connectivity index (χ3n) is 4.48. The van der Waals surface area contributed by atoms with E-state index < -0.39 is 17.8 Å². The van der Waals surface area contributed by atoms with Gasteiger partial charge >= 0.3 is 5.97 Å². The fourth-order valence-electron chi connectivity index (χ4n) is 3.22. The Morgan fingerprint density at radius 1 is 1.04 bits per heavy atom. The van der Waals surface area contributed by atoms with Crippen molar-refractivity contribution in [1.82, 2.24) is 0 Å². The first-order chi connectivity index (χ1) is 13.0. The first-order valence-electron chi connectivity index (χ1n) is 8.56. The third kappa shape index (κ3) is 3.74. The lowest BCUT2D eigenvalue weighted by molar-refractivity contribution is -0.138. The predicted octanol–water partition coefficient (Wildman–Crippen LogP) is 3.13. The van der Waals surface area contributed by atoms with Gasteiger partial charge in [0.15, 0.2) is 0 Å². The molecule has 0 aliphatic carbocycles. The molecule has 2 aromatic carbocycles. The summed E-state index contributed by atoms with van der Waals surface area (Å²) in [7, 11) is 1.26. The van der Waals surface area contributed by atoms with Crippen LogP contribution in [0.15, 0.2) is 71.9 Å². The molecule has 0 fully saturated rings. The van der Waals surface area contributed by atoms with Crippen LogP contribution in [-0.4, -0.2) is 24.9 Å². The minimum atomic E-state index is -0.912. The number of methoxy groups -OCH3 is 1. The van der Waals surface area contributed by atoms with Crippen molar-refractivity contribution in [2.45, 2.75) is 13.3 Å². The van der Waals surface area contributed by atoms with E-state index in [0.717, 1.165) is 0 Å². The second-order valence-corrected chi connectivity index (χ2v) is 6.17. The number of rotatable bonds is 4. The van der Waals surface area contributed by atoms with Gasteiger partial charge in [0.25, 0.3) is 0 Å². The molecule has 2 amide bonds. The number of esters is 1. The van der Waals surface area contributed by atoms with Gasteiger partial charge in [-0.15, -0.1) is 0 Å². The summed E-state index contributed by atoms with van der Waals surface area (Å²) in [6.07, 6.45) is -0.116. The Balaban J connectivity index is 1.99. The quantitative estimate of drug-likeness (QED) is 0.846. The van der Waals surface area contributed by atoms with Crippen molar-refractivity contribution in [3.63, 3.8) is 0 Å². The lowest BCUT2D eigenvalue weighted by atomic mass is 9.88. The van der Waals surface area contributed by atoms with Crippen LogP contribution in [0.1, 0.15) is 13.3 Å². The number of ether oxygens (including phenoxy) is 1. The van der Waals surface area contributed by atoms with E-state index in [1.54, 1.807) is 43.3 Å². The van der Waals surface area contributed by atoms with Gasteiger partial charge in [0.1, 0.15) is 0 Å². The van der Waals surface area contributed by atoms with E-state index in [0.29, 0.717) is 17.1 Å². The van der Waals surface area contributed by atoms with Crippen molar-refractivity contribution in [2.24, 2.45) is 5.92 Å². The number of para-hydroxylation sites is 2. The smallest absolute Gasteiger partial charge is 0.336 e. The summed E-state index contributed by atoms with van der Waals surface area (Å²) in [5, 5.41) is 2.76.